The van der Waals surface area contributed by atoms with Gasteiger partial charge < -0.3 is 15.1 Å². The van der Waals surface area contributed by atoms with Crippen LogP contribution in [0.4, 0.5) is 4.39 Å². The van der Waals surface area contributed by atoms with Gasteiger partial charge in [-0.3, -0.25) is 9.36 Å². The molecule has 1 aliphatic rings. The molecule has 2 aromatic carbocycles. The van der Waals surface area contributed by atoms with E-state index in [1.165, 1.54) is 10.6 Å². The highest BCUT2D eigenvalue weighted by Crippen LogP contribution is 2.26. The number of nitriles is 1. The quantitative estimate of drug-likeness (QED) is 0.686. The van der Waals surface area contributed by atoms with Gasteiger partial charge in [0.2, 0.25) is 5.91 Å². The highest BCUT2D eigenvalue weighted by atomic mass is 19.1. The predicted molar refractivity (Wildman–Crippen MR) is 104 cm³/mol. The van der Waals surface area contributed by atoms with Crippen molar-refractivity contribution in [1.82, 2.24) is 15.2 Å². The maximum Gasteiger partial charge on any atom is 0.419 e. The fraction of sp³-hybridized carbons (Fsp3) is 0.286. The van der Waals surface area contributed by atoms with E-state index in [0.717, 1.165) is 5.56 Å². The number of carbonyl (C=O) groups is 1. The Balaban J connectivity index is 1.54. The number of hydrogen-bond acceptors (Lipinski definition) is 5. The molecule has 4 rings (SSSR count). The third-order valence-corrected chi connectivity index (χ3v) is 5.23. The van der Waals surface area contributed by atoms with E-state index in [4.69, 9.17) is 4.42 Å². The van der Waals surface area contributed by atoms with Crippen molar-refractivity contribution >= 4 is 17.0 Å². The lowest BCUT2D eigenvalue weighted by atomic mass is 9.98. The summed E-state index contributed by atoms with van der Waals surface area (Å²) in [6.45, 7) is 1.19. The molecule has 1 atom stereocenters. The smallest absolute Gasteiger partial charge is 0.408 e. The summed E-state index contributed by atoms with van der Waals surface area (Å²) in [5, 5.41) is 15.0. The van der Waals surface area contributed by atoms with Crippen LogP contribution in [0, 0.1) is 23.1 Å². The molecule has 0 radical (unpaired) electrons. The molecule has 1 amide bonds. The fourth-order valence-electron chi connectivity index (χ4n) is 3.31. The molecule has 8 heteroatoms. The van der Waals surface area contributed by atoms with Crippen molar-refractivity contribution in [1.29, 1.82) is 5.26 Å². The van der Waals surface area contributed by atoms with Crippen molar-refractivity contribution < 1.29 is 13.6 Å². The van der Waals surface area contributed by atoms with Crippen molar-refractivity contribution in [2.24, 2.45) is 13.0 Å². The molecule has 0 bridgehead atoms. The summed E-state index contributed by atoms with van der Waals surface area (Å²) in [5.74, 6) is -1.23. The Hall–Kier alpha value is -3.44. The molecule has 0 saturated carbocycles. The second kappa shape index (κ2) is 7.53. The lowest BCUT2D eigenvalue weighted by Crippen LogP contribution is -2.52. The van der Waals surface area contributed by atoms with E-state index in [9.17, 15) is 19.2 Å². The molecule has 0 aliphatic carbocycles. The van der Waals surface area contributed by atoms with Gasteiger partial charge in [0, 0.05) is 26.6 Å². The van der Waals surface area contributed by atoms with Crippen LogP contribution in [0.3, 0.4) is 0 Å². The first-order chi connectivity index (χ1) is 14.0. The van der Waals surface area contributed by atoms with E-state index >= 15 is 0 Å². The van der Waals surface area contributed by atoms with Crippen LogP contribution in [0.15, 0.2) is 45.6 Å². The van der Waals surface area contributed by atoms with E-state index in [2.05, 4.69) is 10.6 Å². The second-order valence-corrected chi connectivity index (χ2v) is 7.17. The van der Waals surface area contributed by atoms with Crippen LogP contribution >= 0.6 is 0 Å². The average molecular weight is 394 g/mol. The van der Waals surface area contributed by atoms with Gasteiger partial charge >= 0.3 is 5.76 Å². The van der Waals surface area contributed by atoms with Crippen molar-refractivity contribution in [2.45, 2.75) is 12.5 Å². The topological polar surface area (TPSA) is 100 Å². The number of hydrogen-bond donors (Lipinski definition) is 2. The number of nitrogens with zero attached hydrogens (tertiary/aromatic N) is 2. The zero-order valence-corrected chi connectivity index (χ0v) is 15.7. The highest BCUT2D eigenvalue weighted by Gasteiger charge is 2.27. The van der Waals surface area contributed by atoms with Crippen LogP contribution in [0.25, 0.3) is 22.2 Å². The van der Waals surface area contributed by atoms with Crippen molar-refractivity contribution in [3.05, 3.63) is 58.3 Å². The Labute approximate surface area is 165 Å². The summed E-state index contributed by atoms with van der Waals surface area (Å²) in [6, 6.07) is 11.2. The number of oxazole rings is 1. The number of carbonyl (C=O) groups excluding carboxylic acids is 1. The minimum atomic E-state index is -0.791. The van der Waals surface area contributed by atoms with Gasteiger partial charge in [0.15, 0.2) is 5.58 Å². The zero-order chi connectivity index (χ0) is 20.5. The number of halogens is 1. The molecule has 3 aromatic rings. The van der Waals surface area contributed by atoms with E-state index in [1.807, 2.05) is 6.07 Å². The predicted octanol–water partition coefficient (Wildman–Crippen LogP) is 1.71. The maximum atomic E-state index is 14.7. The van der Waals surface area contributed by atoms with E-state index < -0.39 is 17.6 Å². The normalized spacial score (nSPS) is 14.9. The molecule has 148 valence electrons. The Bertz CT molecular complexity index is 1190. The first-order valence-electron chi connectivity index (χ1n) is 9.25. The molecule has 1 saturated heterocycles. The molecule has 0 unspecified atom stereocenters. The molecule has 1 aromatic heterocycles. The van der Waals surface area contributed by atoms with Gasteiger partial charge in [-0.2, -0.15) is 5.26 Å². The van der Waals surface area contributed by atoms with Gasteiger partial charge in [-0.05, 0) is 34.9 Å². The zero-order valence-electron chi connectivity index (χ0n) is 15.7. The standard InChI is InChI=1S/C21H19FN4O3/c1-26-18-8-13(4-5-19(18)29-21(26)28)12-2-3-14(17(22)7-12)6-16(9-23)25-20(27)15-10-24-11-15/h2-5,7-8,15-16,24H,6,10-11H2,1H3,(H,25,27)/t16-/m0/s1. The summed E-state index contributed by atoms with van der Waals surface area (Å²) in [7, 11) is 1.61. The van der Waals surface area contributed by atoms with Crippen molar-refractivity contribution in [2.75, 3.05) is 13.1 Å². The summed E-state index contributed by atoms with van der Waals surface area (Å²) in [5.41, 5.74) is 2.81. The average Bonchev–Trinajstić information content (AvgIpc) is 2.94. The first kappa shape index (κ1) is 18.9. The molecule has 2 heterocycles. The summed E-state index contributed by atoms with van der Waals surface area (Å²) in [6.07, 6.45) is 0.0871. The van der Waals surface area contributed by atoms with E-state index in [0.29, 0.717) is 35.3 Å². The minimum absolute atomic E-state index is 0.0871. The Kier molecular flexibility index (Phi) is 4.91. The summed E-state index contributed by atoms with van der Waals surface area (Å²) < 4.78 is 21.2. The monoisotopic (exact) mass is 394 g/mol. The van der Waals surface area contributed by atoms with Gasteiger partial charge in [-0.15, -0.1) is 0 Å². The van der Waals surface area contributed by atoms with Gasteiger partial charge in [-0.1, -0.05) is 18.2 Å². The lowest BCUT2D eigenvalue weighted by molar-refractivity contribution is -0.126. The fourth-order valence-corrected chi connectivity index (χ4v) is 3.31. The maximum absolute atomic E-state index is 14.7. The third-order valence-electron chi connectivity index (χ3n) is 5.23. The third kappa shape index (κ3) is 3.65. The Morgan fingerprint density at radius 3 is 2.72 bits per heavy atom. The number of nitrogens with one attached hydrogen (secondary N) is 2. The molecule has 7 nitrogen and oxygen atoms in total. The van der Waals surface area contributed by atoms with E-state index in [-0.39, 0.29) is 18.2 Å². The molecule has 2 N–H and O–H groups in total. The van der Waals surface area contributed by atoms with Gasteiger partial charge in [0.25, 0.3) is 0 Å². The lowest BCUT2D eigenvalue weighted by Gasteiger charge is -2.26. The van der Waals surface area contributed by atoms with E-state index in [1.54, 1.807) is 37.4 Å². The Morgan fingerprint density at radius 1 is 1.34 bits per heavy atom. The number of fused-ring (bicyclic) bond motifs is 1. The number of benzene rings is 2. The second-order valence-electron chi connectivity index (χ2n) is 7.17. The number of aromatic nitrogens is 1. The van der Waals surface area contributed by atoms with Crippen LogP contribution in [-0.2, 0) is 18.3 Å². The molecule has 0 spiro atoms. The van der Waals surface area contributed by atoms with Crippen molar-refractivity contribution in [3.8, 4) is 17.2 Å². The van der Waals surface area contributed by atoms with Crippen LogP contribution in [-0.4, -0.2) is 29.6 Å². The minimum Gasteiger partial charge on any atom is -0.408 e. The van der Waals surface area contributed by atoms with Gasteiger partial charge in [-0.25, -0.2) is 9.18 Å². The largest absolute Gasteiger partial charge is 0.419 e. The summed E-state index contributed by atoms with van der Waals surface area (Å²) >= 11 is 0. The SMILES string of the molecule is Cn1c(=O)oc2ccc(-c3ccc(C[C@@H](C#N)NC(=O)C4CNC4)c(F)c3)cc21. The number of amides is 1. The molecule has 1 aliphatic heterocycles. The summed E-state index contributed by atoms with van der Waals surface area (Å²) in [4.78, 5) is 23.7. The van der Waals surface area contributed by atoms with Crippen molar-refractivity contribution in [3.63, 3.8) is 0 Å². The molecule has 1 fully saturated rings. The van der Waals surface area contributed by atoms with Gasteiger partial charge in [0.05, 0.1) is 17.5 Å². The van der Waals surface area contributed by atoms with Crippen LogP contribution < -0.4 is 16.4 Å². The molecular formula is C21H19FN4O3. The number of rotatable bonds is 5. The Morgan fingerprint density at radius 2 is 2.07 bits per heavy atom. The first-order valence-corrected chi connectivity index (χ1v) is 9.25. The van der Waals surface area contributed by atoms with Crippen LogP contribution in [0.1, 0.15) is 5.56 Å². The van der Waals surface area contributed by atoms with Crippen LogP contribution in [0.5, 0.6) is 0 Å². The highest BCUT2D eigenvalue weighted by molar-refractivity contribution is 5.81. The number of aryl methyl sites for hydroxylation is 1. The van der Waals surface area contributed by atoms with Gasteiger partial charge in [0.1, 0.15) is 11.9 Å². The van der Waals surface area contributed by atoms with Crippen LogP contribution in [0.2, 0.25) is 0 Å². The molecule has 29 heavy (non-hydrogen) atoms. The molecular weight excluding hydrogens is 375 g/mol.